The SMILES string of the molecule is N#Cc1ccc(S(=O)(=O)CCSC(=N)N)cc1. The zero-order chi connectivity index (χ0) is 12.9. The second kappa shape index (κ2) is 5.70. The summed E-state index contributed by atoms with van der Waals surface area (Å²) in [5.41, 5.74) is 5.53. The monoisotopic (exact) mass is 269 g/mol. The summed E-state index contributed by atoms with van der Waals surface area (Å²) in [6.45, 7) is 0. The first-order valence-corrected chi connectivity index (χ1v) is 7.29. The fourth-order valence-electron chi connectivity index (χ4n) is 1.12. The van der Waals surface area contributed by atoms with Crippen LogP contribution >= 0.6 is 11.8 Å². The molecule has 0 saturated carbocycles. The number of hydrogen-bond acceptors (Lipinski definition) is 5. The Morgan fingerprint density at radius 1 is 1.41 bits per heavy atom. The lowest BCUT2D eigenvalue weighted by molar-refractivity contribution is 0.597. The van der Waals surface area contributed by atoms with E-state index in [1.807, 2.05) is 6.07 Å². The molecule has 90 valence electrons. The summed E-state index contributed by atoms with van der Waals surface area (Å²) >= 11 is 0.990. The number of sulfone groups is 1. The lowest BCUT2D eigenvalue weighted by Crippen LogP contribution is -2.12. The number of nitriles is 1. The molecule has 0 unspecified atom stereocenters. The van der Waals surface area contributed by atoms with Crippen molar-refractivity contribution in [2.45, 2.75) is 4.90 Å². The van der Waals surface area contributed by atoms with E-state index in [0.29, 0.717) is 5.56 Å². The van der Waals surface area contributed by atoms with Crippen molar-refractivity contribution < 1.29 is 8.42 Å². The van der Waals surface area contributed by atoms with Crippen LogP contribution in [0.5, 0.6) is 0 Å². The Bertz CT molecular complexity index is 544. The van der Waals surface area contributed by atoms with Gasteiger partial charge in [-0.15, -0.1) is 0 Å². The zero-order valence-electron chi connectivity index (χ0n) is 8.88. The maximum absolute atomic E-state index is 11.8. The molecule has 17 heavy (non-hydrogen) atoms. The molecule has 7 heteroatoms. The fraction of sp³-hybridized carbons (Fsp3) is 0.200. The number of nitrogens with zero attached hydrogens (tertiary/aromatic N) is 1. The van der Waals surface area contributed by atoms with Crippen LogP contribution in [-0.4, -0.2) is 25.1 Å². The van der Waals surface area contributed by atoms with E-state index in [4.69, 9.17) is 16.4 Å². The minimum Gasteiger partial charge on any atom is -0.379 e. The van der Waals surface area contributed by atoms with Crippen molar-refractivity contribution in [3.8, 4) is 6.07 Å². The molecule has 0 aliphatic heterocycles. The van der Waals surface area contributed by atoms with E-state index in [-0.39, 0.29) is 21.6 Å². The van der Waals surface area contributed by atoms with Gasteiger partial charge in [-0.3, -0.25) is 5.41 Å². The first-order chi connectivity index (χ1) is 7.95. The molecule has 0 amide bonds. The van der Waals surface area contributed by atoms with E-state index in [1.165, 1.54) is 24.3 Å². The van der Waals surface area contributed by atoms with Crippen molar-refractivity contribution >= 4 is 26.8 Å². The van der Waals surface area contributed by atoms with Gasteiger partial charge in [0.15, 0.2) is 15.0 Å². The Kier molecular flexibility index (Phi) is 4.54. The molecule has 1 aromatic carbocycles. The predicted octanol–water partition coefficient (Wildman–Crippen LogP) is 0.959. The third kappa shape index (κ3) is 4.09. The average Bonchev–Trinajstić information content (AvgIpc) is 2.28. The first-order valence-electron chi connectivity index (χ1n) is 4.65. The fourth-order valence-corrected chi connectivity index (χ4v) is 3.33. The van der Waals surface area contributed by atoms with Crippen LogP contribution in [0.4, 0.5) is 0 Å². The third-order valence-corrected chi connectivity index (χ3v) is 4.66. The van der Waals surface area contributed by atoms with Gasteiger partial charge < -0.3 is 5.73 Å². The standard InChI is InChI=1S/C10H11N3O2S2/c11-7-8-1-3-9(4-2-8)17(14,15)6-5-16-10(12)13/h1-4H,5-6H2,(H3,12,13). The largest absolute Gasteiger partial charge is 0.379 e. The molecule has 1 rings (SSSR count). The highest BCUT2D eigenvalue weighted by atomic mass is 32.2. The summed E-state index contributed by atoms with van der Waals surface area (Å²) in [5.74, 6) is 0.167. The number of thioether (sulfide) groups is 1. The Hall–Kier alpha value is -1.52. The molecule has 0 spiro atoms. The number of nitrogens with two attached hydrogens (primary N) is 1. The maximum Gasteiger partial charge on any atom is 0.179 e. The number of rotatable bonds is 4. The van der Waals surface area contributed by atoms with Crippen LogP contribution in [0, 0.1) is 16.7 Å². The lowest BCUT2D eigenvalue weighted by Gasteiger charge is -2.03. The van der Waals surface area contributed by atoms with Gasteiger partial charge in [-0.2, -0.15) is 5.26 Å². The van der Waals surface area contributed by atoms with Gasteiger partial charge >= 0.3 is 0 Å². The van der Waals surface area contributed by atoms with Crippen molar-refractivity contribution in [3.05, 3.63) is 29.8 Å². The molecule has 0 aliphatic carbocycles. The van der Waals surface area contributed by atoms with Crippen molar-refractivity contribution in [3.63, 3.8) is 0 Å². The van der Waals surface area contributed by atoms with Crippen molar-refractivity contribution in [1.29, 1.82) is 10.7 Å². The van der Waals surface area contributed by atoms with E-state index in [2.05, 4.69) is 0 Å². The van der Waals surface area contributed by atoms with Gasteiger partial charge in [0.1, 0.15) is 0 Å². The van der Waals surface area contributed by atoms with E-state index >= 15 is 0 Å². The highest BCUT2D eigenvalue weighted by Gasteiger charge is 2.14. The zero-order valence-corrected chi connectivity index (χ0v) is 10.5. The predicted molar refractivity (Wildman–Crippen MR) is 67.6 cm³/mol. The minimum absolute atomic E-state index is 0.0802. The second-order valence-electron chi connectivity index (χ2n) is 3.17. The summed E-state index contributed by atoms with van der Waals surface area (Å²) in [5, 5.41) is 15.5. The molecule has 0 bridgehead atoms. The first kappa shape index (κ1) is 13.5. The van der Waals surface area contributed by atoms with Crippen LogP contribution in [-0.2, 0) is 9.84 Å². The molecule has 0 radical (unpaired) electrons. The van der Waals surface area contributed by atoms with Gasteiger partial charge in [-0.1, -0.05) is 11.8 Å². The molecule has 5 nitrogen and oxygen atoms in total. The van der Waals surface area contributed by atoms with E-state index in [1.54, 1.807) is 0 Å². The minimum atomic E-state index is -3.36. The van der Waals surface area contributed by atoms with Crippen LogP contribution in [0.25, 0.3) is 0 Å². The van der Waals surface area contributed by atoms with Gasteiger partial charge in [0.05, 0.1) is 22.3 Å². The molecular formula is C10H11N3O2S2. The smallest absolute Gasteiger partial charge is 0.179 e. The Balaban J connectivity index is 2.76. The number of hydrogen-bond donors (Lipinski definition) is 2. The molecule has 0 atom stereocenters. The molecule has 0 aliphatic rings. The van der Waals surface area contributed by atoms with Crippen molar-refractivity contribution in [2.24, 2.45) is 5.73 Å². The molecule has 0 heterocycles. The topological polar surface area (TPSA) is 108 Å². The van der Waals surface area contributed by atoms with Gasteiger partial charge in [-0.25, -0.2) is 8.42 Å². The molecule has 1 aromatic rings. The maximum atomic E-state index is 11.8. The van der Waals surface area contributed by atoms with Crippen LogP contribution in [0.2, 0.25) is 0 Å². The normalized spacial score (nSPS) is 10.8. The number of amidine groups is 1. The second-order valence-corrected chi connectivity index (χ2v) is 6.41. The summed E-state index contributed by atoms with van der Waals surface area (Å²) in [6.07, 6.45) is 0. The summed E-state index contributed by atoms with van der Waals surface area (Å²) in [7, 11) is -3.36. The quantitative estimate of drug-likeness (QED) is 0.625. The Morgan fingerprint density at radius 2 is 2.00 bits per heavy atom. The highest BCUT2D eigenvalue weighted by molar-refractivity contribution is 8.14. The van der Waals surface area contributed by atoms with Gasteiger partial charge in [-0.05, 0) is 24.3 Å². The van der Waals surface area contributed by atoms with Crippen LogP contribution in [0.3, 0.4) is 0 Å². The van der Waals surface area contributed by atoms with Crippen LogP contribution < -0.4 is 5.73 Å². The van der Waals surface area contributed by atoms with Gasteiger partial charge in [0.25, 0.3) is 0 Å². The highest BCUT2D eigenvalue weighted by Crippen LogP contribution is 2.13. The molecule has 0 fully saturated rings. The van der Waals surface area contributed by atoms with Gasteiger partial charge in [0.2, 0.25) is 0 Å². The number of benzene rings is 1. The van der Waals surface area contributed by atoms with Crippen molar-refractivity contribution in [1.82, 2.24) is 0 Å². The van der Waals surface area contributed by atoms with E-state index in [9.17, 15) is 8.42 Å². The molecule has 3 N–H and O–H groups in total. The molecule has 0 saturated heterocycles. The summed E-state index contributed by atoms with van der Waals surface area (Å²) in [4.78, 5) is 0.181. The van der Waals surface area contributed by atoms with Gasteiger partial charge in [0, 0.05) is 5.75 Å². The Labute approximate surface area is 104 Å². The molecular weight excluding hydrogens is 258 g/mol. The summed E-state index contributed by atoms with van der Waals surface area (Å²) < 4.78 is 23.6. The van der Waals surface area contributed by atoms with E-state index < -0.39 is 9.84 Å². The lowest BCUT2D eigenvalue weighted by atomic mass is 10.2. The molecule has 0 aromatic heterocycles. The Morgan fingerprint density at radius 3 is 2.47 bits per heavy atom. The summed E-state index contributed by atoms with van der Waals surface area (Å²) in [6, 6.07) is 7.66. The van der Waals surface area contributed by atoms with Crippen molar-refractivity contribution in [2.75, 3.05) is 11.5 Å². The van der Waals surface area contributed by atoms with Crippen LogP contribution in [0.1, 0.15) is 5.56 Å². The number of nitrogens with one attached hydrogen (secondary N) is 1. The van der Waals surface area contributed by atoms with E-state index in [0.717, 1.165) is 11.8 Å². The third-order valence-electron chi connectivity index (χ3n) is 1.95. The van der Waals surface area contributed by atoms with Crippen LogP contribution in [0.15, 0.2) is 29.2 Å². The average molecular weight is 269 g/mol.